The number of aliphatic hydroxyl groups excluding tert-OH is 4. The van der Waals surface area contributed by atoms with Gasteiger partial charge in [-0.05, 0) is 36.4 Å². The number of methoxy groups -OCH3 is 5. The number of phenols is 2. The minimum absolute atomic E-state index is 0.000940. The van der Waals surface area contributed by atoms with Crippen molar-refractivity contribution >= 4 is 11.9 Å². The highest BCUT2D eigenvalue weighted by atomic mass is 16.8. The predicted octanol–water partition coefficient (Wildman–Crippen LogP) is -1.02. The molecule has 0 bridgehead atoms. The van der Waals surface area contributed by atoms with Gasteiger partial charge >= 0.3 is 11.9 Å². The highest BCUT2D eigenvalue weighted by Crippen LogP contribution is 2.42. The van der Waals surface area contributed by atoms with Crippen molar-refractivity contribution in [3.63, 3.8) is 0 Å². The molecular formula is C41H50O23. The summed E-state index contributed by atoms with van der Waals surface area (Å²) in [5, 5.41) is 87.1. The average Bonchev–Trinajstić information content (AvgIpc) is 3.74. The first-order valence-corrected chi connectivity index (χ1v) is 19.4. The molecule has 3 aromatic carbocycles. The lowest BCUT2D eigenvalue weighted by Gasteiger charge is -2.43. The average molecular weight is 911 g/mol. The first kappa shape index (κ1) is 48.0. The number of aliphatic hydroxyl groups is 6. The van der Waals surface area contributed by atoms with E-state index in [1.165, 1.54) is 84.1 Å². The lowest BCUT2D eigenvalue weighted by molar-refractivity contribution is -0.324. The fraction of sp³-hybridized carbons (Fsp3) is 0.512. The topological polar surface area (TPSA) is 316 Å². The number of carbonyl (C=O) groups is 2. The molecule has 0 radical (unpaired) electrons. The highest BCUT2D eigenvalue weighted by molar-refractivity contribution is 5.90. The van der Waals surface area contributed by atoms with Gasteiger partial charge in [-0.1, -0.05) is 0 Å². The summed E-state index contributed by atoms with van der Waals surface area (Å²) < 4.78 is 71.4. The molecule has 3 saturated heterocycles. The van der Waals surface area contributed by atoms with Crippen molar-refractivity contribution in [2.24, 2.45) is 0 Å². The molecule has 3 aromatic rings. The zero-order valence-corrected chi connectivity index (χ0v) is 35.1. The van der Waals surface area contributed by atoms with Crippen molar-refractivity contribution < 1.29 is 112 Å². The van der Waals surface area contributed by atoms with Crippen LogP contribution in [-0.2, 0) is 33.2 Å². The smallest absolute Gasteiger partial charge is 0.338 e. The van der Waals surface area contributed by atoms with Gasteiger partial charge in [0.15, 0.2) is 64.4 Å². The molecule has 23 nitrogen and oxygen atoms in total. The molecule has 11 atom stereocenters. The normalized spacial score (nSPS) is 30.0. The highest BCUT2D eigenvalue weighted by Gasteiger charge is 2.55. The van der Waals surface area contributed by atoms with Gasteiger partial charge in [0.1, 0.15) is 49.5 Å². The van der Waals surface area contributed by atoms with E-state index >= 15 is 0 Å². The fourth-order valence-corrected chi connectivity index (χ4v) is 6.86. The largest absolute Gasteiger partial charge is 0.504 e. The maximum absolute atomic E-state index is 12.8. The van der Waals surface area contributed by atoms with Crippen molar-refractivity contribution in [2.75, 3.05) is 68.6 Å². The molecule has 0 saturated carbocycles. The van der Waals surface area contributed by atoms with E-state index in [-0.39, 0.29) is 57.1 Å². The number of esters is 2. The summed E-state index contributed by atoms with van der Waals surface area (Å²) in [4.78, 5) is 25.5. The number of hydrogen-bond acceptors (Lipinski definition) is 23. The Hall–Kier alpha value is -5.44. The monoisotopic (exact) mass is 910 g/mol. The van der Waals surface area contributed by atoms with Crippen LogP contribution in [0.1, 0.15) is 20.7 Å². The first-order chi connectivity index (χ1) is 30.5. The standard InChI is InChI=1S/C41H50O23/c1-52-24-10-19(6-8-22(24)42)35(48)58-15-40(50)17-60-38(33(40)46)57-14-28-29(44)30(45)32(37(63-28)62-21-12-26(54-3)31(56-5)27(13-21)55-4)64-39-34(47)41(51,18-61-39)16-59-36(49)20-7-9-23(43)25(11-20)53-2/h6-13,28-30,32-34,37-39,42-47,50-51H,14-18H2,1-5H3/t28-,29-,30+,32-,33+,34+,37-,38-,39+,40-,41-/m1/s1. The van der Waals surface area contributed by atoms with Gasteiger partial charge in [-0.25, -0.2) is 9.59 Å². The van der Waals surface area contributed by atoms with Crippen LogP contribution in [0.2, 0.25) is 0 Å². The Morgan fingerprint density at radius 2 is 1.12 bits per heavy atom. The Bertz CT molecular complexity index is 2070. The second-order valence-corrected chi connectivity index (χ2v) is 14.8. The van der Waals surface area contributed by atoms with Crippen LogP contribution in [0.5, 0.6) is 46.0 Å². The summed E-state index contributed by atoms with van der Waals surface area (Å²) in [6.45, 7) is -3.36. The van der Waals surface area contributed by atoms with Crippen LogP contribution in [0.4, 0.5) is 0 Å². The third kappa shape index (κ3) is 10.1. The van der Waals surface area contributed by atoms with Crippen LogP contribution >= 0.6 is 0 Å². The second kappa shape index (κ2) is 20.2. The Balaban J connectivity index is 1.14. The Morgan fingerprint density at radius 3 is 1.61 bits per heavy atom. The molecule has 3 aliphatic rings. The van der Waals surface area contributed by atoms with E-state index in [2.05, 4.69) is 0 Å². The van der Waals surface area contributed by atoms with Crippen molar-refractivity contribution in [1.82, 2.24) is 0 Å². The zero-order valence-electron chi connectivity index (χ0n) is 35.1. The summed E-state index contributed by atoms with van der Waals surface area (Å²) in [6, 6.07) is 10.1. The maximum atomic E-state index is 12.8. The number of hydrogen-bond donors (Lipinski definition) is 8. The molecule has 352 valence electrons. The van der Waals surface area contributed by atoms with Crippen molar-refractivity contribution in [3.05, 3.63) is 59.7 Å². The van der Waals surface area contributed by atoms with Gasteiger partial charge in [0.2, 0.25) is 12.0 Å². The summed E-state index contributed by atoms with van der Waals surface area (Å²) in [6.07, 6.45) is -15.7. The lowest BCUT2D eigenvalue weighted by atomic mass is 9.98. The van der Waals surface area contributed by atoms with E-state index in [0.29, 0.717) is 0 Å². The molecule has 0 unspecified atom stereocenters. The number of phenolic OH excluding ortho intramolecular Hbond substituents is 2. The summed E-state index contributed by atoms with van der Waals surface area (Å²) in [5.74, 6) is -1.82. The third-order valence-electron chi connectivity index (χ3n) is 10.6. The molecule has 6 rings (SSSR count). The van der Waals surface area contributed by atoms with E-state index in [4.69, 9.17) is 61.6 Å². The van der Waals surface area contributed by atoms with E-state index in [9.17, 15) is 50.4 Å². The quantitative estimate of drug-likeness (QED) is 0.0708. The molecular weight excluding hydrogens is 860 g/mol. The molecule has 0 aromatic heterocycles. The molecule has 64 heavy (non-hydrogen) atoms. The molecule has 3 heterocycles. The van der Waals surface area contributed by atoms with Gasteiger partial charge in [0.25, 0.3) is 0 Å². The minimum atomic E-state index is -2.24. The first-order valence-electron chi connectivity index (χ1n) is 19.4. The Morgan fingerprint density at radius 1 is 0.641 bits per heavy atom. The minimum Gasteiger partial charge on any atom is -0.504 e. The fourth-order valence-electron chi connectivity index (χ4n) is 6.86. The van der Waals surface area contributed by atoms with Gasteiger partial charge in [-0.3, -0.25) is 0 Å². The van der Waals surface area contributed by atoms with Crippen LogP contribution in [0.15, 0.2) is 48.5 Å². The van der Waals surface area contributed by atoms with Crippen LogP contribution < -0.4 is 28.4 Å². The Kier molecular flexibility index (Phi) is 15.1. The van der Waals surface area contributed by atoms with Crippen molar-refractivity contribution in [2.45, 2.75) is 66.7 Å². The van der Waals surface area contributed by atoms with E-state index in [0.717, 1.165) is 0 Å². The summed E-state index contributed by atoms with van der Waals surface area (Å²) in [5.41, 5.74) is -4.47. The molecule has 0 amide bonds. The van der Waals surface area contributed by atoms with Crippen LogP contribution in [0, 0.1) is 0 Å². The van der Waals surface area contributed by atoms with Crippen molar-refractivity contribution in [3.8, 4) is 46.0 Å². The number of aromatic hydroxyl groups is 2. The van der Waals surface area contributed by atoms with Gasteiger partial charge in [0.05, 0.1) is 66.5 Å². The van der Waals surface area contributed by atoms with E-state index < -0.39 is 112 Å². The van der Waals surface area contributed by atoms with Gasteiger partial charge in [-0.2, -0.15) is 0 Å². The molecule has 0 aliphatic carbocycles. The molecule has 3 fully saturated rings. The molecule has 8 N–H and O–H groups in total. The van der Waals surface area contributed by atoms with Crippen LogP contribution in [0.25, 0.3) is 0 Å². The molecule has 3 aliphatic heterocycles. The van der Waals surface area contributed by atoms with Gasteiger partial charge in [0, 0.05) is 12.1 Å². The van der Waals surface area contributed by atoms with Crippen molar-refractivity contribution in [1.29, 1.82) is 0 Å². The number of rotatable bonds is 18. The van der Waals surface area contributed by atoms with Crippen LogP contribution in [-0.4, -0.2) is 188 Å². The molecule has 23 heteroatoms. The number of carbonyl (C=O) groups excluding carboxylic acids is 2. The van der Waals surface area contributed by atoms with Gasteiger partial charge in [-0.15, -0.1) is 0 Å². The van der Waals surface area contributed by atoms with Gasteiger partial charge < -0.3 is 102 Å². The molecule has 0 spiro atoms. The van der Waals surface area contributed by atoms with Crippen LogP contribution in [0.3, 0.4) is 0 Å². The van der Waals surface area contributed by atoms with E-state index in [1.807, 2.05) is 0 Å². The summed E-state index contributed by atoms with van der Waals surface area (Å²) >= 11 is 0. The number of benzene rings is 3. The number of ether oxygens (including phenoxy) is 13. The second-order valence-electron chi connectivity index (χ2n) is 14.8. The summed E-state index contributed by atoms with van der Waals surface area (Å²) in [7, 11) is 6.66. The predicted molar refractivity (Wildman–Crippen MR) is 210 cm³/mol. The Labute approximate surface area is 364 Å². The van der Waals surface area contributed by atoms with E-state index in [1.54, 1.807) is 0 Å². The lowest BCUT2D eigenvalue weighted by Crippen LogP contribution is -2.62. The zero-order chi connectivity index (χ0) is 46.5. The maximum Gasteiger partial charge on any atom is 0.338 e. The third-order valence-corrected chi connectivity index (χ3v) is 10.6. The SMILES string of the molecule is COc1cc(C(=O)OC[C@@]2(O)CO[C@@H](OC[C@H]3O[C@@H](Oc4cc(OC)c(OC)c(OC)c4)[C@H](O[C@@H]4OC[C@](O)(COC(=O)c5ccc(O)c(OC)c5)[C@H]4O)[C@@H](O)[C@@H]3O)[C@@H]2O)ccc1O.